The van der Waals surface area contributed by atoms with E-state index in [4.69, 9.17) is 9.47 Å². The van der Waals surface area contributed by atoms with Crippen LogP contribution in [0.5, 0.6) is 0 Å². The molecule has 168 valence electrons. The molecule has 0 spiro atoms. The van der Waals surface area contributed by atoms with Crippen molar-refractivity contribution < 1.29 is 27.5 Å². The van der Waals surface area contributed by atoms with Crippen LogP contribution in [0.25, 0.3) is 0 Å². The van der Waals surface area contributed by atoms with Crippen LogP contribution in [0.1, 0.15) is 38.3 Å². The van der Waals surface area contributed by atoms with E-state index in [0.29, 0.717) is 11.4 Å². The molecule has 0 saturated heterocycles. The van der Waals surface area contributed by atoms with Gasteiger partial charge in [-0.1, -0.05) is 23.8 Å². The number of ether oxygens (including phenoxy) is 2. The lowest BCUT2D eigenvalue weighted by atomic mass is 10.2. The summed E-state index contributed by atoms with van der Waals surface area (Å²) in [5, 5.41) is 1.77. The van der Waals surface area contributed by atoms with Crippen LogP contribution >= 0.6 is 11.3 Å². The number of nitrogens with zero attached hydrogens (tertiary/aromatic N) is 2. The van der Waals surface area contributed by atoms with Crippen LogP contribution in [0.2, 0.25) is 0 Å². The number of hydrogen-bond acceptors (Lipinski definition) is 8. The first-order chi connectivity index (χ1) is 15.2. The smallest absolute Gasteiger partial charge is 0.367 e. The van der Waals surface area contributed by atoms with E-state index in [1.54, 1.807) is 24.4 Å². The Morgan fingerprint density at radius 2 is 1.78 bits per heavy atom. The molecule has 0 N–H and O–H groups in total. The average molecular weight is 475 g/mol. The molecule has 0 fully saturated rings. The summed E-state index contributed by atoms with van der Waals surface area (Å²) in [5.41, 5.74) is 2.00. The van der Waals surface area contributed by atoms with Crippen LogP contribution in [0, 0.1) is 6.92 Å². The molecule has 0 bridgehead atoms. The molecule has 0 saturated carbocycles. The average Bonchev–Trinajstić information content (AvgIpc) is 3.27. The largest absolute Gasteiger partial charge is 0.461 e. The molecule has 1 heterocycles. The molecule has 10 heteroatoms. The molecule has 0 aliphatic carbocycles. The fraction of sp³-hybridized carbons (Fsp3) is 0.227. The molecular weight excluding hydrogens is 452 g/mol. The molecule has 32 heavy (non-hydrogen) atoms. The van der Waals surface area contributed by atoms with E-state index in [2.05, 4.69) is 4.98 Å². The Kier molecular flexibility index (Phi) is 7.26. The number of carbonyl (C=O) groups excluding carboxylic acids is 2. The highest BCUT2D eigenvalue weighted by Gasteiger charge is 2.23. The molecule has 1 aromatic heterocycles. The molecule has 8 nitrogen and oxygen atoms in total. The highest BCUT2D eigenvalue weighted by molar-refractivity contribution is 7.92. The monoisotopic (exact) mass is 474 g/mol. The van der Waals surface area contributed by atoms with Gasteiger partial charge in [0.15, 0.2) is 0 Å². The molecule has 0 atom stereocenters. The van der Waals surface area contributed by atoms with Crippen LogP contribution < -0.4 is 4.31 Å². The number of benzene rings is 2. The number of aryl methyl sites for hydroxylation is 1. The Hall–Kier alpha value is -3.24. The molecule has 0 aliphatic rings. The van der Waals surface area contributed by atoms with Crippen molar-refractivity contribution in [2.45, 2.75) is 25.3 Å². The van der Waals surface area contributed by atoms with Crippen LogP contribution in [0.3, 0.4) is 0 Å². The van der Waals surface area contributed by atoms with E-state index in [0.717, 1.165) is 21.2 Å². The summed E-state index contributed by atoms with van der Waals surface area (Å²) in [6.07, 6.45) is 0. The number of esters is 2. The summed E-state index contributed by atoms with van der Waals surface area (Å²) in [6, 6.07) is 12.7. The van der Waals surface area contributed by atoms with Crippen molar-refractivity contribution in [2.75, 3.05) is 18.0 Å². The predicted molar refractivity (Wildman–Crippen MR) is 120 cm³/mol. The zero-order valence-electron chi connectivity index (χ0n) is 17.8. The van der Waals surface area contributed by atoms with Gasteiger partial charge in [-0.15, -0.1) is 11.3 Å². The summed E-state index contributed by atoms with van der Waals surface area (Å²) < 4.78 is 37.3. The number of anilines is 1. The van der Waals surface area contributed by atoms with E-state index in [9.17, 15) is 18.0 Å². The standard InChI is InChI=1S/C22H22N2O6S2/c1-4-29-22(26)20-23-17(14-31-20)13-30-21(25)16-6-5-7-19(12-16)32(27,28)24(3)18-10-8-15(2)9-11-18/h5-12,14H,4,13H2,1-3H3. The van der Waals surface area contributed by atoms with E-state index >= 15 is 0 Å². The minimum Gasteiger partial charge on any atom is -0.461 e. The van der Waals surface area contributed by atoms with Gasteiger partial charge in [0, 0.05) is 12.4 Å². The van der Waals surface area contributed by atoms with E-state index in [1.807, 2.05) is 19.1 Å². The summed E-state index contributed by atoms with van der Waals surface area (Å²) >= 11 is 1.09. The lowest BCUT2D eigenvalue weighted by Crippen LogP contribution is -2.26. The Balaban J connectivity index is 1.71. The van der Waals surface area contributed by atoms with Gasteiger partial charge in [-0.3, -0.25) is 4.31 Å². The number of aromatic nitrogens is 1. The number of hydrogen-bond donors (Lipinski definition) is 0. The molecule has 0 amide bonds. The second-order valence-corrected chi connectivity index (χ2v) is 9.60. The molecule has 0 aliphatic heterocycles. The van der Waals surface area contributed by atoms with Gasteiger partial charge in [-0.25, -0.2) is 23.0 Å². The first kappa shape index (κ1) is 23.4. The van der Waals surface area contributed by atoms with Gasteiger partial charge in [-0.05, 0) is 44.2 Å². The van der Waals surface area contributed by atoms with Crippen molar-refractivity contribution in [1.82, 2.24) is 4.98 Å². The van der Waals surface area contributed by atoms with Crippen LogP contribution in [-0.4, -0.2) is 39.0 Å². The van der Waals surface area contributed by atoms with Gasteiger partial charge in [0.25, 0.3) is 10.0 Å². The highest BCUT2D eigenvalue weighted by atomic mass is 32.2. The van der Waals surface area contributed by atoms with Gasteiger partial charge in [-0.2, -0.15) is 0 Å². The first-order valence-corrected chi connectivity index (χ1v) is 12.0. The van der Waals surface area contributed by atoms with Gasteiger partial charge >= 0.3 is 11.9 Å². The molecule has 3 aromatic rings. The Labute approximate surface area is 190 Å². The Bertz CT molecular complexity index is 1220. The zero-order valence-corrected chi connectivity index (χ0v) is 19.4. The molecular formula is C22H22N2O6S2. The van der Waals surface area contributed by atoms with Gasteiger partial charge in [0.1, 0.15) is 6.61 Å². The predicted octanol–water partition coefficient (Wildman–Crippen LogP) is 3.81. The topological polar surface area (TPSA) is 103 Å². The first-order valence-electron chi connectivity index (χ1n) is 9.66. The van der Waals surface area contributed by atoms with Gasteiger partial charge in [0.2, 0.25) is 5.01 Å². The maximum absolute atomic E-state index is 13.0. The third-order valence-electron chi connectivity index (χ3n) is 4.48. The third-order valence-corrected chi connectivity index (χ3v) is 7.13. The van der Waals surface area contributed by atoms with E-state index in [1.165, 1.54) is 31.3 Å². The zero-order chi connectivity index (χ0) is 23.3. The van der Waals surface area contributed by atoms with E-state index in [-0.39, 0.29) is 28.7 Å². The second kappa shape index (κ2) is 9.92. The summed E-state index contributed by atoms with van der Waals surface area (Å²) in [6.45, 7) is 3.69. The lowest BCUT2D eigenvalue weighted by Gasteiger charge is -2.20. The van der Waals surface area contributed by atoms with Crippen molar-refractivity contribution in [3.8, 4) is 0 Å². The number of thiazole rings is 1. The third kappa shape index (κ3) is 5.32. The quantitative estimate of drug-likeness (QED) is 0.457. The Morgan fingerprint density at radius 1 is 1.06 bits per heavy atom. The molecule has 3 rings (SSSR count). The van der Waals surface area contributed by atoms with Crippen LogP contribution in [-0.2, 0) is 26.1 Å². The van der Waals surface area contributed by atoms with Crippen molar-refractivity contribution >= 4 is 39.0 Å². The lowest BCUT2D eigenvalue weighted by molar-refractivity contribution is 0.0468. The summed E-state index contributed by atoms with van der Waals surface area (Å²) in [4.78, 5) is 28.2. The molecule has 0 radical (unpaired) electrons. The minimum absolute atomic E-state index is 0.0340. The van der Waals surface area contributed by atoms with Crippen LogP contribution in [0.4, 0.5) is 5.69 Å². The minimum atomic E-state index is -3.88. The van der Waals surface area contributed by atoms with Gasteiger partial charge < -0.3 is 9.47 Å². The van der Waals surface area contributed by atoms with Crippen molar-refractivity contribution in [3.05, 3.63) is 75.7 Å². The van der Waals surface area contributed by atoms with Crippen molar-refractivity contribution in [1.29, 1.82) is 0 Å². The fourth-order valence-electron chi connectivity index (χ4n) is 2.72. The van der Waals surface area contributed by atoms with Crippen molar-refractivity contribution in [2.24, 2.45) is 0 Å². The molecule has 2 aromatic carbocycles. The maximum Gasteiger partial charge on any atom is 0.367 e. The van der Waals surface area contributed by atoms with E-state index < -0.39 is 22.0 Å². The second-order valence-electron chi connectivity index (χ2n) is 6.78. The normalized spacial score (nSPS) is 11.1. The molecule has 0 unspecified atom stereocenters. The Morgan fingerprint density at radius 3 is 2.47 bits per heavy atom. The number of carbonyl (C=O) groups is 2. The highest BCUT2D eigenvalue weighted by Crippen LogP contribution is 2.23. The summed E-state index contributed by atoms with van der Waals surface area (Å²) in [7, 11) is -2.42. The fourth-order valence-corrected chi connectivity index (χ4v) is 4.65. The van der Waals surface area contributed by atoms with Gasteiger partial charge in [0.05, 0.1) is 28.4 Å². The number of rotatable bonds is 8. The SMILES string of the molecule is CCOC(=O)c1nc(COC(=O)c2cccc(S(=O)(=O)N(C)c3ccc(C)cc3)c2)cs1. The summed E-state index contributed by atoms with van der Waals surface area (Å²) in [5.74, 6) is -1.24. The number of sulfonamides is 1. The maximum atomic E-state index is 13.0. The van der Waals surface area contributed by atoms with Crippen LogP contribution in [0.15, 0.2) is 58.8 Å². The van der Waals surface area contributed by atoms with Crippen molar-refractivity contribution in [3.63, 3.8) is 0 Å².